The van der Waals surface area contributed by atoms with Crippen molar-refractivity contribution in [2.24, 2.45) is 11.8 Å². The highest BCUT2D eigenvalue weighted by Crippen LogP contribution is 2.40. The van der Waals surface area contributed by atoms with E-state index < -0.39 is 0 Å². The SMILES string of the molecule is COCC1CCN(CC(=O)C2CCC(c3ccnc4cnc5[nH]ccc5c34)CC2)C1. The molecule has 0 radical (unpaired) electrons. The van der Waals surface area contributed by atoms with E-state index in [1.807, 2.05) is 18.6 Å². The van der Waals surface area contributed by atoms with Crippen molar-refractivity contribution in [2.75, 3.05) is 33.4 Å². The molecule has 1 unspecified atom stereocenters. The topological polar surface area (TPSA) is 71.1 Å². The molecule has 3 aromatic heterocycles. The summed E-state index contributed by atoms with van der Waals surface area (Å²) in [5, 5.41) is 2.37. The van der Waals surface area contributed by atoms with Gasteiger partial charge in [-0.15, -0.1) is 0 Å². The number of aromatic nitrogens is 3. The van der Waals surface area contributed by atoms with Crippen molar-refractivity contribution in [3.8, 4) is 0 Å². The number of aromatic amines is 1. The zero-order valence-electron chi connectivity index (χ0n) is 17.6. The highest BCUT2D eigenvalue weighted by molar-refractivity contribution is 6.05. The molecular formula is C24H30N4O2. The van der Waals surface area contributed by atoms with Gasteiger partial charge < -0.3 is 9.72 Å². The zero-order valence-corrected chi connectivity index (χ0v) is 17.6. The number of carbonyl (C=O) groups excluding carboxylic acids is 1. The highest BCUT2D eigenvalue weighted by atomic mass is 16.5. The van der Waals surface area contributed by atoms with Crippen LogP contribution in [-0.4, -0.2) is 59.0 Å². The molecule has 0 spiro atoms. The van der Waals surface area contributed by atoms with Crippen LogP contribution in [0, 0.1) is 11.8 Å². The average molecular weight is 407 g/mol. The van der Waals surface area contributed by atoms with Crippen molar-refractivity contribution in [3.63, 3.8) is 0 Å². The molecule has 0 amide bonds. The monoisotopic (exact) mass is 406 g/mol. The van der Waals surface area contributed by atoms with E-state index in [0.717, 1.165) is 68.4 Å². The van der Waals surface area contributed by atoms with E-state index in [2.05, 4.69) is 32.0 Å². The molecule has 158 valence electrons. The Hall–Kier alpha value is -2.31. The molecule has 1 aliphatic carbocycles. The Kier molecular flexibility index (Phi) is 5.52. The predicted octanol–water partition coefficient (Wildman–Crippen LogP) is 3.92. The van der Waals surface area contributed by atoms with E-state index in [4.69, 9.17) is 4.74 Å². The van der Waals surface area contributed by atoms with Crippen LogP contribution < -0.4 is 0 Å². The van der Waals surface area contributed by atoms with Crippen LogP contribution in [0.1, 0.15) is 43.6 Å². The highest BCUT2D eigenvalue weighted by Gasteiger charge is 2.31. The van der Waals surface area contributed by atoms with E-state index in [1.54, 1.807) is 7.11 Å². The third-order valence-electron chi connectivity index (χ3n) is 7.10. The fourth-order valence-electron chi connectivity index (χ4n) is 5.52. The molecule has 5 rings (SSSR count). The molecule has 1 atom stereocenters. The average Bonchev–Trinajstić information content (AvgIpc) is 3.43. The summed E-state index contributed by atoms with van der Waals surface area (Å²) in [5.41, 5.74) is 3.23. The summed E-state index contributed by atoms with van der Waals surface area (Å²) in [5.74, 6) is 1.71. The van der Waals surface area contributed by atoms with Crippen LogP contribution in [0.3, 0.4) is 0 Å². The van der Waals surface area contributed by atoms with Gasteiger partial charge in [-0.2, -0.15) is 0 Å². The lowest BCUT2D eigenvalue weighted by atomic mass is 9.76. The summed E-state index contributed by atoms with van der Waals surface area (Å²) >= 11 is 0. The van der Waals surface area contributed by atoms with Gasteiger partial charge in [-0.25, -0.2) is 4.98 Å². The van der Waals surface area contributed by atoms with E-state index in [-0.39, 0.29) is 5.92 Å². The Labute approximate surface area is 177 Å². The standard InChI is InChI=1S/C24H30N4O2/c1-30-15-16-8-11-28(13-16)14-22(29)18-4-2-17(3-5-18)19-6-9-25-21-12-27-24-20(23(19)21)7-10-26-24/h6-7,9-10,12,16-18H,2-5,8,11,13-15H2,1H3,(H,26,27). The summed E-state index contributed by atoms with van der Waals surface area (Å²) in [6.07, 6.45) is 11.0. The lowest BCUT2D eigenvalue weighted by Gasteiger charge is -2.29. The number of fused-ring (bicyclic) bond motifs is 3. The van der Waals surface area contributed by atoms with Crippen molar-refractivity contribution in [1.82, 2.24) is 19.9 Å². The minimum atomic E-state index is 0.213. The Bertz CT molecular complexity index is 1040. The normalized spacial score (nSPS) is 25.3. The van der Waals surface area contributed by atoms with Gasteiger partial charge in [0.05, 0.1) is 24.9 Å². The third-order valence-corrected chi connectivity index (χ3v) is 7.10. The Morgan fingerprint density at radius 1 is 1.20 bits per heavy atom. The smallest absolute Gasteiger partial charge is 0.149 e. The van der Waals surface area contributed by atoms with Gasteiger partial charge in [0, 0.05) is 42.7 Å². The fraction of sp³-hybridized carbons (Fsp3) is 0.542. The van der Waals surface area contributed by atoms with Gasteiger partial charge in [-0.1, -0.05) is 0 Å². The number of hydrogen-bond acceptors (Lipinski definition) is 5. The van der Waals surface area contributed by atoms with Crippen LogP contribution in [0.25, 0.3) is 21.9 Å². The van der Waals surface area contributed by atoms with E-state index in [1.165, 1.54) is 10.9 Å². The summed E-state index contributed by atoms with van der Waals surface area (Å²) < 4.78 is 5.28. The molecule has 30 heavy (non-hydrogen) atoms. The Balaban J connectivity index is 1.25. The lowest BCUT2D eigenvalue weighted by molar-refractivity contribution is -0.124. The first-order valence-corrected chi connectivity index (χ1v) is 11.2. The third kappa shape index (κ3) is 3.74. The first-order valence-electron chi connectivity index (χ1n) is 11.2. The number of methoxy groups -OCH3 is 1. The number of ether oxygens (including phenoxy) is 1. The summed E-state index contributed by atoms with van der Waals surface area (Å²) in [6, 6.07) is 4.26. The van der Waals surface area contributed by atoms with Gasteiger partial charge in [-0.05, 0) is 68.2 Å². The second-order valence-electron chi connectivity index (χ2n) is 9.02. The maximum atomic E-state index is 12.9. The van der Waals surface area contributed by atoms with Crippen LogP contribution in [0.5, 0.6) is 0 Å². The van der Waals surface area contributed by atoms with Gasteiger partial charge in [0.2, 0.25) is 0 Å². The minimum Gasteiger partial charge on any atom is -0.384 e. The molecule has 1 aliphatic heterocycles. The second kappa shape index (κ2) is 8.44. The fourth-order valence-corrected chi connectivity index (χ4v) is 5.52. The molecule has 6 heteroatoms. The lowest BCUT2D eigenvalue weighted by Crippen LogP contribution is -2.33. The van der Waals surface area contributed by atoms with E-state index in [0.29, 0.717) is 24.2 Å². The number of ketones is 1. The molecular weight excluding hydrogens is 376 g/mol. The number of carbonyl (C=O) groups is 1. The van der Waals surface area contributed by atoms with Crippen molar-refractivity contribution < 1.29 is 9.53 Å². The molecule has 2 fully saturated rings. The van der Waals surface area contributed by atoms with Crippen molar-refractivity contribution >= 4 is 27.7 Å². The minimum absolute atomic E-state index is 0.213. The van der Waals surface area contributed by atoms with Crippen LogP contribution in [0.15, 0.2) is 30.7 Å². The molecule has 0 aromatic carbocycles. The summed E-state index contributed by atoms with van der Waals surface area (Å²) in [7, 11) is 1.76. The molecule has 6 nitrogen and oxygen atoms in total. The van der Waals surface area contributed by atoms with Crippen molar-refractivity contribution in [2.45, 2.75) is 38.0 Å². The predicted molar refractivity (Wildman–Crippen MR) is 118 cm³/mol. The second-order valence-corrected chi connectivity index (χ2v) is 9.02. The van der Waals surface area contributed by atoms with Gasteiger partial charge in [-0.3, -0.25) is 14.7 Å². The van der Waals surface area contributed by atoms with Gasteiger partial charge in [0.1, 0.15) is 11.4 Å². The number of pyridine rings is 2. The number of Topliss-reactive ketones (excluding diaryl/α,β-unsaturated/α-hetero) is 1. The number of rotatable bonds is 6. The maximum absolute atomic E-state index is 12.9. The van der Waals surface area contributed by atoms with Crippen molar-refractivity contribution in [3.05, 3.63) is 36.3 Å². The summed E-state index contributed by atoms with van der Waals surface area (Å²) in [6.45, 7) is 3.44. The van der Waals surface area contributed by atoms with Crippen molar-refractivity contribution in [1.29, 1.82) is 0 Å². The van der Waals surface area contributed by atoms with Gasteiger partial charge in [0.15, 0.2) is 0 Å². The van der Waals surface area contributed by atoms with Gasteiger partial charge >= 0.3 is 0 Å². The summed E-state index contributed by atoms with van der Waals surface area (Å²) in [4.78, 5) is 27.5. The molecule has 0 bridgehead atoms. The Morgan fingerprint density at radius 3 is 2.90 bits per heavy atom. The molecule has 1 saturated heterocycles. The van der Waals surface area contributed by atoms with Gasteiger partial charge in [0.25, 0.3) is 0 Å². The van der Waals surface area contributed by atoms with Crippen LogP contribution in [0.4, 0.5) is 0 Å². The molecule has 2 aliphatic rings. The maximum Gasteiger partial charge on any atom is 0.149 e. The number of hydrogen-bond donors (Lipinski definition) is 1. The largest absolute Gasteiger partial charge is 0.384 e. The molecule has 1 N–H and O–H groups in total. The number of H-pyrrole nitrogens is 1. The van der Waals surface area contributed by atoms with E-state index >= 15 is 0 Å². The van der Waals surface area contributed by atoms with Crippen LogP contribution in [-0.2, 0) is 9.53 Å². The Morgan fingerprint density at radius 2 is 2.07 bits per heavy atom. The first-order chi connectivity index (χ1) is 14.7. The molecule has 3 aromatic rings. The van der Waals surface area contributed by atoms with Crippen LogP contribution >= 0.6 is 0 Å². The number of nitrogens with one attached hydrogen (secondary N) is 1. The number of nitrogens with zero attached hydrogens (tertiary/aromatic N) is 3. The molecule has 4 heterocycles. The molecule has 1 saturated carbocycles. The van der Waals surface area contributed by atoms with E-state index in [9.17, 15) is 4.79 Å². The number of likely N-dealkylation sites (tertiary alicyclic amines) is 1. The first kappa shape index (κ1) is 19.6. The zero-order chi connectivity index (χ0) is 20.5. The van der Waals surface area contributed by atoms with Crippen LogP contribution in [0.2, 0.25) is 0 Å². The quantitative estimate of drug-likeness (QED) is 0.672.